The summed E-state index contributed by atoms with van der Waals surface area (Å²) in [6.07, 6.45) is 1.54. The van der Waals surface area contributed by atoms with Gasteiger partial charge in [-0.25, -0.2) is 0 Å². The third-order valence-corrected chi connectivity index (χ3v) is 9.24. The molecule has 0 saturated heterocycles. The molecule has 6 rings (SSSR count). The van der Waals surface area contributed by atoms with Gasteiger partial charge in [-0.3, -0.25) is 45.3 Å². The Morgan fingerprint density at radius 1 is 0.692 bits per heavy atom. The molecule has 0 aliphatic heterocycles. The van der Waals surface area contributed by atoms with E-state index in [-0.39, 0.29) is 47.4 Å². The summed E-state index contributed by atoms with van der Waals surface area (Å²) in [6, 6.07) is 5.11. The molecule has 0 aromatic heterocycles. The van der Waals surface area contributed by atoms with Gasteiger partial charge in [0.1, 0.15) is 11.1 Å². The largest absolute Gasteiger partial charge is 0.481 e. The Kier molecular flexibility index (Phi) is 5.53. The normalized spacial score (nSPS) is 28.7. The van der Waals surface area contributed by atoms with E-state index in [1.54, 1.807) is 0 Å². The maximum Gasteiger partial charge on any atom is 0.309 e. The van der Waals surface area contributed by atoms with E-state index in [2.05, 4.69) is 0 Å². The number of carboxylic acid groups (broad SMARTS) is 1. The van der Waals surface area contributed by atoms with E-state index in [0.717, 1.165) is 0 Å². The molecule has 204 valence electrons. The van der Waals surface area contributed by atoms with Crippen LogP contribution in [0.1, 0.15) is 60.8 Å². The first-order valence-corrected chi connectivity index (χ1v) is 12.2. The van der Waals surface area contributed by atoms with Crippen molar-refractivity contribution in [2.75, 3.05) is 0 Å². The Morgan fingerprint density at radius 3 is 1.31 bits per heavy atom. The van der Waals surface area contributed by atoms with Crippen LogP contribution in [0.15, 0.2) is 24.3 Å². The highest BCUT2D eigenvalue weighted by atomic mass is 16.6. The van der Waals surface area contributed by atoms with Crippen molar-refractivity contribution in [3.05, 3.63) is 87.0 Å². The number of benzene rings is 2. The van der Waals surface area contributed by atoms with Gasteiger partial charge in [0.05, 0.1) is 25.1 Å². The Bertz CT molecular complexity index is 1350. The Labute approximate surface area is 220 Å². The first-order chi connectivity index (χ1) is 18.1. The highest BCUT2D eigenvalue weighted by molar-refractivity contribution is 5.77. The number of nitro benzene ring substituents is 4. The molecular weight excluding hydrogens is 516 g/mol. The van der Waals surface area contributed by atoms with Crippen LogP contribution < -0.4 is 0 Å². The maximum absolute atomic E-state index is 12.8. The van der Waals surface area contributed by atoms with Crippen LogP contribution >= 0.6 is 0 Å². The summed E-state index contributed by atoms with van der Waals surface area (Å²) in [5.41, 5.74) is -4.82. The van der Waals surface area contributed by atoms with Crippen LogP contribution in [0.2, 0.25) is 0 Å². The first kappa shape index (κ1) is 26.1. The number of nitrogens with zero attached hydrogens (tertiary/aromatic N) is 4. The van der Waals surface area contributed by atoms with Gasteiger partial charge in [0.2, 0.25) is 0 Å². The Balaban J connectivity index is 1.78. The van der Waals surface area contributed by atoms with Crippen molar-refractivity contribution in [3.8, 4) is 0 Å². The predicted molar refractivity (Wildman–Crippen MR) is 134 cm³/mol. The zero-order valence-electron chi connectivity index (χ0n) is 21.0. The molecule has 2 atom stereocenters. The molecule has 39 heavy (non-hydrogen) atoms. The number of hydrogen-bond acceptors (Lipinski definition) is 9. The number of carboxylic acids is 1. The topological polar surface area (TPSA) is 210 Å². The molecule has 4 bridgehead atoms. The molecular formula is C25H24N4O10. The third-order valence-electron chi connectivity index (χ3n) is 9.24. The molecule has 0 spiro atoms. The zero-order valence-corrected chi connectivity index (χ0v) is 21.0. The fourth-order valence-corrected chi connectivity index (χ4v) is 8.06. The van der Waals surface area contributed by atoms with Crippen LogP contribution in [-0.4, -0.2) is 30.8 Å². The second-order valence-corrected chi connectivity index (χ2v) is 11.5. The predicted octanol–water partition coefficient (Wildman–Crippen LogP) is 5.18. The number of hydrogen-bond donors (Lipinski definition) is 1. The minimum atomic E-state index is -1.30. The van der Waals surface area contributed by atoms with E-state index in [9.17, 15) is 50.4 Å². The van der Waals surface area contributed by atoms with E-state index < -0.39 is 64.7 Å². The van der Waals surface area contributed by atoms with Gasteiger partial charge in [-0.15, -0.1) is 0 Å². The molecule has 0 unspecified atom stereocenters. The van der Waals surface area contributed by atoms with E-state index in [1.165, 1.54) is 38.1 Å². The molecule has 2 aromatic rings. The molecule has 4 saturated carbocycles. The highest BCUT2D eigenvalue weighted by Crippen LogP contribution is 2.71. The lowest BCUT2D eigenvalue weighted by molar-refractivity contribution is -0.395. The summed E-state index contributed by atoms with van der Waals surface area (Å²) in [6.45, 7) is 2.56. The molecule has 2 aromatic carbocycles. The minimum Gasteiger partial charge on any atom is -0.481 e. The first-order valence-electron chi connectivity index (χ1n) is 12.2. The van der Waals surface area contributed by atoms with Crippen molar-refractivity contribution >= 4 is 28.7 Å². The van der Waals surface area contributed by atoms with Crippen molar-refractivity contribution in [1.82, 2.24) is 0 Å². The number of nitro groups is 4. The summed E-state index contributed by atoms with van der Waals surface area (Å²) < 4.78 is 0. The lowest BCUT2D eigenvalue weighted by atomic mass is 9.37. The number of aliphatic carboxylic acids is 1. The third kappa shape index (κ3) is 3.72. The van der Waals surface area contributed by atoms with Gasteiger partial charge in [0.15, 0.2) is 0 Å². The van der Waals surface area contributed by atoms with Gasteiger partial charge in [0, 0.05) is 24.3 Å². The van der Waals surface area contributed by atoms with Crippen molar-refractivity contribution in [3.63, 3.8) is 0 Å². The number of rotatable bonds is 7. The monoisotopic (exact) mass is 540 g/mol. The average Bonchev–Trinajstić information content (AvgIpc) is 2.82. The van der Waals surface area contributed by atoms with Crippen LogP contribution in [0, 0.1) is 65.6 Å². The highest BCUT2D eigenvalue weighted by Gasteiger charge is 2.67. The minimum absolute atomic E-state index is 0.0843. The second kappa shape index (κ2) is 8.25. The van der Waals surface area contributed by atoms with Crippen LogP contribution in [0.3, 0.4) is 0 Å². The lowest BCUT2D eigenvalue weighted by Crippen LogP contribution is -2.62. The summed E-state index contributed by atoms with van der Waals surface area (Å²) in [4.78, 5) is 57.3. The molecule has 4 fully saturated rings. The summed E-state index contributed by atoms with van der Waals surface area (Å²) in [5, 5.41) is 57.7. The molecule has 4 aliphatic rings. The van der Waals surface area contributed by atoms with Crippen LogP contribution in [0.4, 0.5) is 22.7 Å². The van der Waals surface area contributed by atoms with Gasteiger partial charge in [-0.05, 0) is 80.2 Å². The molecule has 4 aliphatic carbocycles. The second-order valence-electron chi connectivity index (χ2n) is 11.5. The lowest BCUT2D eigenvalue weighted by Gasteiger charge is -2.65. The molecule has 0 heterocycles. The fraction of sp³-hybridized carbons (Fsp3) is 0.480. The molecule has 1 N–H and O–H groups in total. The van der Waals surface area contributed by atoms with Crippen LogP contribution in [0.25, 0.3) is 0 Å². The van der Waals surface area contributed by atoms with Crippen LogP contribution in [-0.2, 0) is 15.6 Å². The van der Waals surface area contributed by atoms with Crippen molar-refractivity contribution in [2.45, 2.75) is 63.2 Å². The standard InChI is InChI=1S/C25H24N4O10/c1-13-18(26(32)33)3-16(4-19(13)27(34)35)23-7-15-8-24(10-23,12-25(9-15,11-23)22(30)31)17-5-20(28(36)37)14(2)21(6-17)29(38)39/h3-6,15H,7-12H2,1-2H3,(H,30,31)/t15?,23-,24-,25?/m1/s1. The molecule has 14 nitrogen and oxygen atoms in total. The Hall–Kier alpha value is -4.49. The summed E-state index contributed by atoms with van der Waals surface area (Å²) in [7, 11) is 0. The fourth-order valence-electron chi connectivity index (χ4n) is 8.06. The number of carbonyl (C=O) groups is 1. The van der Waals surface area contributed by atoms with Crippen molar-refractivity contribution < 1.29 is 29.6 Å². The SMILES string of the molecule is Cc1c([N+](=O)[O-])cc([C@@]23CC4CC(C(=O)O)(C2)C[C@@](c2cc([N+](=O)[O-])c(C)c([N+](=O)[O-])c2)(C4)C3)cc1[N+](=O)[O-]. The molecule has 0 amide bonds. The molecule has 0 radical (unpaired) electrons. The molecule has 14 heteroatoms. The van der Waals surface area contributed by atoms with E-state index in [1.807, 2.05) is 0 Å². The Morgan fingerprint density at radius 2 is 1.03 bits per heavy atom. The van der Waals surface area contributed by atoms with Gasteiger partial charge in [-0.1, -0.05) is 0 Å². The van der Waals surface area contributed by atoms with Crippen molar-refractivity contribution in [2.24, 2.45) is 11.3 Å². The van der Waals surface area contributed by atoms with Crippen molar-refractivity contribution in [1.29, 1.82) is 0 Å². The summed E-state index contributed by atoms with van der Waals surface area (Å²) >= 11 is 0. The van der Waals surface area contributed by atoms with Gasteiger partial charge < -0.3 is 5.11 Å². The average molecular weight is 540 g/mol. The van der Waals surface area contributed by atoms with E-state index >= 15 is 0 Å². The van der Waals surface area contributed by atoms with Crippen LogP contribution in [0.5, 0.6) is 0 Å². The van der Waals surface area contributed by atoms with E-state index in [0.29, 0.717) is 19.3 Å². The van der Waals surface area contributed by atoms with Gasteiger partial charge >= 0.3 is 5.97 Å². The zero-order chi connectivity index (χ0) is 28.7. The maximum atomic E-state index is 12.8. The quantitative estimate of drug-likeness (QED) is 0.359. The van der Waals surface area contributed by atoms with E-state index in [4.69, 9.17) is 0 Å². The smallest absolute Gasteiger partial charge is 0.309 e. The van der Waals surface area contributed by atoms with Gasteiger partial charge in [-0.2, -0.15) is 0 Å². The summed E-state index contributed by atoms with van der Waals surface area (Å²) in [5.74, 6) is -1.30. The van der Waals surface area contributed by atoms with Gasteiger partial charge in [0.25, 0.3) is 22.7 Å².